The summed E-state index contributed by atoms with van der Waals surface area (Å²) in [6.07, 6.45) is 3.49. The van der Waals surface area contributed by atoms with Crippen molar-refractivity contribution in [3.05, 3.63) is 76.7 Å². The van der Waals surface area contributed by atoms with Crippen LogP contribution in [0.5, 0.6) is 0 Å². The van der Waals surface area contributed by atoms with Gasteiger partial charge >= 0.3 is 0 Å². The van der Waals surface area contributed by atoms with E-state index in [0.717, 1.165) is 28.1 Å². The van der Waals surface area contributed by atoms with Crippen molar-refractivity contribution in [2.75, 3.05) is 19.0 Å². The third kappa shape index (κ3) is 3.38. The van der Waals surface area contributed by atoms with Crippen LogP contribution < -0.4 is 4.90 Å². The van der Waals surface area contributed by atoms with Crippen molar-refractivity contribution >= 4 is 23.3 Å². The molecule has 5 nitrogen and oxygen atoms in total. The van der Waals surface area contributed by atoms with Crippen LogP contribution in [-0.4, -0.2) is 34.9 Å². The molecule has 1 aliphatic heterocycles. The largest absolute Gasteiger partial charge is 0.363 e. The first kappa shape index (κ1) is 17.5. The van der Waals surface area contributed by atoms with E-state index in [9.17, 15) is 4.79 Å². The Labute approximate surface area is 163 Å². The first-order chi connectivity index (χ1) is 13.0. The number of carbonyl (C=O) groups is 1. The highest BCUT2D eigenvalue weighted by Gasteiger charge is 2.28. The van der Waals surface area contributed by atoms with Gasteiger partial charge < -0.3 is 9.80 Å². The molecule has 1 aromatic carbocycles. The molecule has 0 fully saturated rings. The smallest absolute Gasteiger partial charge is 0.273 e. The maximum atomic E-state index is 12.5. The van der Waals surface area contributed by atoms with Gasteiger partial charge in [0.2, 0.25) is 0 Å². The molecule has 3 aromatic rings. The average Bonchev–Trinajstić information content (AvgIpc) is 2.99. The lowest BCUT2D eigenvalue weighted by molar-refractivity contribution is 0.0762. The standard InChI is InChI=1S/C21H19ClN4O/c1-25(2)19-8-7-15(11-24-19)14-5-6-16(18(22)10-14)12-26-13-17-4-3-9-23-20(17)21(26)27/h3-11H,12-13H2,1-2H3. The molecule has 0 unspecified atom stereocenters. The number of amides is 1. The first-order valence-corrected chi connectivity index (χ1v) is 9.06. The van der Waals surface area contributed by atoms with Crippen molar-refractivity contribution in [2.45, 2.75) is 13.1 Å². The molecule has 0 atom stereocenters. The summed E-state index contributed by atoms with van der Waals surface area (Å²) in [4.78, 5) is 24.9. The Balaban J connectivity index is 1.54. The maximum Gasteiger partial charge on any atom is 0.273 e. The van der Waals surface area contributed by atoms with E-state index in [-0.39, 0.29) is 5.91 Å². The van der Waals surface area contributed by atoms with Gasteiger partial charge in [0, 0.05) is 55.7 Å². The Bertz CT molecular complexity index is 1000. The molecule has 0 saturated heterocycles. The number of hydrogen-bond donors (Lipinski definition) is 0. The van der Waals surface area contributed by atoms with E-state index in [4.69, 9.17) is 11.6 Å². The molecular weight excluding hydrogens is 360 g/mol. The number of halogens is 1. The number of pyridine rings is 2. The molecular formula is C21H19ClN4O. The molecule has 27 heavy (non-hydrogen) atoms. The summed E-state index contributed by atoms with van der Waals surface area (Å²) in [6, 6.07) is 13.7. The summed E-state index contributed by atoms with van der Waals surface area (Å²) >= 11 is 6.52. The maximum absolute atomic E-state index is 12.5. The normalized spacial score (nSPS) is 13.0. The van der Waals surface area contributed by atoms with Gasteiger partial charge in [0.05, 0.1) is 0 Å². The third-order valence-electron chi connectivity index (χ3n) is 4.70. The number of hydrogen-bond acceptors (Lipinski definition) is 4. The Morgan fingerprint density at radius 2 is 1.93 bits per heavy atom. The summed E-state index contributed by atoms with van der Waals surface area (Å²) in [7, 11) is 3.92. The summed E-state index contributed by atoms with van der Waals surface area (Å²) in [6.45, 7) is 1.03. The van der Waals surface area contributed by atoms with Gasteiger partial charge in [-0.3, -0.25) is 9.78 Å². The molecule has 0 radical (unpaired) electrons. The van der Waals surface area contributed by atoms with Crippen LogP contribution in [0, 0.1) is 0 Å². The molecule has 2 aromatic heterocycles. The highest BCUT2D eigenvalue weighted by molar-refractivity contribution is 6.31. The SMILES string of the molecule is CN(C)c1ccc(-c2ccc(CN3Cc4cccnc4C3=O)c(Cl)c2)cn1. The van der Waals surface area contributed by atoms with Gasteiger partial charge in [-0.25, -0.2) is 4.98 Å². The minimum Gasteiger partial charge on any atom is -0.363 e. The molecule has 136 valence electrons. The minimum atomic E-state index is -0.0470. The molecule has 3 heterocycles. The third-order valence-corrected chi connectivity index (χ3v) is 5.05. The predicted molar refractivity (Wildman–Crippen MR) is 107 cm³/mol. The lowest BCUT2D eigenvalue weighted by atomic mass is 10.1. The topological polar surface area (TPSA) is 49.3 Å². The molecule has 0 spiro atoms. The zero-order valence-corrected chi connectivity index (χ0v) is 15.9. The summed E-state index contributed by atoms with van der Waals surface area (Å²) in [5.74, 6) is 0.858. The van der Waals surface area contributed by atoms with Crippen LogP contribution in [0.4, 0.5) is 5.82 Å². The zero-order valence-electron chi connectivity index (χ0n) is 15.2. The molecule has 4 rings (SSSR count). The van der Waals surface area contributed by atoms with Crippen LogP contribution in [0.1, 0.15) is 21.6 Å². The van der Waals surface area contributed by atoms with Crippen molar-refractivity contribution in [1.29, 1.82) is 0 Å². The molecule has 1 aliphatic rings. The van der Waals surface area contributed by atoms with E-state index in [2.05, 4.69) is 9.97 Å². The number of benzene rings is 1. The molecule has 0 N–H and O–H groups in total. The van der Waals surface area contributed by atoms with E-state index >= 15 is 0 Å². The molecule has 6 heteroatoms. The summed E-state index contributed by atoms with van der Waals surface area (Å²) < 4.78 is 0. The Hall–Kier alpha value is -2.92. The first-order valence-electron chi connectivity index (χ1n) is 8.68. The van der Waals surface area contributed by atoms with Crippen LogP contribution in [0.15, 0.2) is 54.9 Å². The van der Waals surface area contributed by atoms with Crippen LogP contribution in [0.3, 0.4) is 0 Å². The van der Waals surface area contributed by atoms with E-state index < -0.39 is 0 Å². The van der Waals surface area contributed by atoms with Gasteiger partial charge in [-0.2, -0.15) is 0 Å². The fourth-order valence-corrected chi connectivity index (χ4v) is 3.44. The number of rotatable bonds is 4. The fraction of sp³-hybridized carbons (Fsp3) is 0.190. The van der Waals surface area contributed by atoms with Gasteiger partial charge in [-0.05, 0) is 35.4 Å². The lowest BCUT2D eigenvalue weighted by Crippen LogP contribution is -2.23. The van der Waals surface area contributed by atoms with Gasteiger partial charge in [-0.1, -0.05) is 29.8 Å². The number of aromatic nitrogens is 2. The van der Waals surface area contributed by atoms with Crippen molar-refractivity contribution in [3.63, 3.8) is 0 Å². The van der Waals surface area contributed by atoms with Crippen molar-refractivity contribution in [1.82, 2.24) is 14.9 Å². The van der Waals surface area contributed by atoms with Crippen LogP contribution in [0.2, 0.25) is 5.02 Å². The Morgan fingerprint density at radius 1 is 1.11 bits per heavy atom. The van der Waals surface area contributed by atoms with Crippen molar-refractivity contribution in [3.8, 4) is 11.1 Å². The highest BCUT2D eigenvalue weighted by atomic mass is 35.5. The number of nitrogens with zero attached hydrogens (tertiary/aromatic N) is 4. The van der Waals surface area contributed by atoms with Crippen LogP contribution >= 0.6 is 11.6 Å². The van der Waals surface area contributed by atoms with Crippen LogP contribution in [0.25, 0.3) is 11.1 Å². The molecule has 0 saturated carbocycles. The van der Waals surface area contributed by atoms with Gasteiger partial charge in [0.1, 0.15) is 11.5 Å². The van der Waals surface area contributed by atoms with E-state index in [1.54, 1.807) is 11.1 Å². The fourth-order valence-electron chi connectivity index (χ4n) is 3.20. The van der Waals surface area contributed by atoms with E-state index in [0.29, 0.717) is 23.8 Å². The molecule has 1 amide bonds. The second kappa shape index (κ2) is 7.00. The predicted octanol–water partition coefficient (Wildman–Crippen LogP) is 4.02. The quantitative estimate of drug-likeness (QED) is 0.688. The second-order valence-corrected chi connectivity index (χ2v) is 7.19. The lowest BCUT2D eigenvalue weighted by Gasteiger charge is -2.17. The zero-order chi connectivity index (χ0) is 19.0. The monoisotopic (exact) mass is 378 g/mol. The second-order valence-electron chi connectivity index (χ2n) is 6.78. The Morgan fingerprint density at radius 3 is 2.59 bits per heavy atom. The van der Waals surface area contributed by atoms with Gasteiger partial charge in [0.15, 0.2) is 0 Å². The Kier molecular flexibility index (Phi) is 4.54. The summed E-state index contributed by atoms with van der Waals surface area (Å²) in [5.41, 5.74) is 4.42. The number of fused-ring (bicyclic) bond motifs is 1. The number of anilines is 1. The van der Waals surface area contributed by atoms with Crippen molar-refractivity contribution in [2.24, 2.45) is 0 Å². The minimum absolute atomic E-state index is 0.0470. The van der Waals surface area contributed by atoms with Gasteiger partial charge in [-0.15, -0.1) is 0 Å². The van der Waals surface area contributed by atoms with Crippen LogP contribution in [-0.2, 0) is 13.1 Å². The average molecular weight is 379 g/mol. The molecule has 0 bridgehead atoms. The molecule has 0 aliphatic carbocycles. The van der Waals surface area contributed by atoms with E-state index in [1.165, 1.54) is 0 Å². The highest BCUT2D eigenvalue weighted by Crippen LogP contribution is 2.29. The number of carbonyl (C=O) groups excluding carboxylic acids is 1. The van der Waals surface area contributed by atoms with E-state index in [1.807, 2.05) is 67.7 Å². The van der Waals surface area contributed by atoms with Crippen molar-refractivity contribution < 1.29 is 4.79 Å². The van der Waals surface area contributed by atoms with Gasteiger partial charge in [0.25, 0.3) is 5.91 Å². The summed E-state index contributed by atoms with van der Waals surface area (Å²) in [5, 5.41) is 0.640.